The fourth-order valence-corrected chi connectivity index (χ4v) is 7.86. The van der Waals surface area contributed by atoms with Gasteiger partial charge in [0.25, 0.3) is 0 Å². The molecule has 0 aliphatic rings. The van der Waals surface area contributed by atoms with Gasteiger partial charge in [0.2, 0.25) is 5.91 Å². The second-order valence-corrected chi connectivity index (χ2v) is 17.6. The highest BCUT2D eigenvalue weighted by Gasteiger charge is 2.24. The van der Waals surface area contributed by atoms with Crippen molar-refractivity contribution < 1.29 is 24.5 Å². The van der Waals surface area contributed by atoms with Crippen molar-refractivity contribution in [1.82, 2.24) is 5.32 Å². The first-order chi connectivity index (χ1) is 29.5. The van der Waals surface area contributed by atoms with E-state index in [0.717, 1.165) is 57.8 Å². The van der Waals surface area contributed by atoms with Gasteiger partial charge in [0.05, 0.1) is 25.2 Å². The van der Waals surface area contributed by atoms with E-state index in [1.165, 1.54) is 154 Å². The Bertz CT molecular complexity index is 1040. The Labute approximate surface area is 372 Å². The molecule has 1 amide bonds. The van der Waals surface area contributed by atoms with Crippen molar-refractivity contribution in [2.45, 2.75) is 277 Å². The number of rotatable bonds is 46. The largest absolute Gasteiger partial charge is 0.462 e. The maximum absolute atomic E-state index is 13.2. The Morgan fingerprint density at radius 3 is 1.33 bits per heavy atom. The molecule has 0 saturated carbocycles. The zero-order valence-electron chi connectivity index (χ0n) is 39.8. The first-order valence-electron chi connectivity index (χ1n) is 25.9. The molecule has 0 aliphatic carbocycles. The number of nitrogens with one attached hydrogen (secondary N) is 1. The molecule has 0 rings (SSSR count). The summed E-state index contributed by atoms with van der Waals surface area (Å²) in [7, 11) is 0. The zero-order chi connectivity index (χ0) is 43.8. The molecule has 0 aliphatic heterocycles. The van der Waals surface area contributed by atoms with Crippen LogP contribution in [-0.2, 0) is 14.3 Å². The van der Waals surface area contributed by atoms with E-state index in [1.807, 2.05) is 36.5 Å². The second-order valence-electron chi connectivity index (χ2n) is 17.6. The van der Waals surface area contributed by atoms with Crippen molar-refractivity contribution in [3.8, 4) is 0 Å². The molecule has 6 heteroatoms. The van der Waals surface area contributed by atoms with Gasteiger partial charge in [-0.05, 0) is 38.5 Å². The van der Waals surface area contributed by atoms with E-state index in [-0.39, 0.29) is 24.9 Å². The zero-order valence-corrected chi connectivity index (χ0v) is 39.8. The van der Waals surface area contributed by atoms with Crippen molar-refractivity contribution in [2.75, 3.05) is 6.61 Å². The van der Waals surface area contributed by atoms with Gasteiger partial charge in [0.15, 0.2) is 0 Å². The molecule has 0 heterocycles. The van der Waals surface area contributed by atoms with Gasteiger partial charge in [-0.25, -0.2) is 0 Å². The lowest BCUT2D eigenvalue weighted by atomic mass is 10.0. The highest BCUT2D eigenvalue weighted by molar-refractivity contribution is 5.77. The standard InChI is InChI=1S/C54H99NO5/c1-4-7-10-13-16-19-22-24-26-28-31-34-37-40-43-46-52(57)51(49-56)55-53(58)48-50(45-42-39-36-33-30-21-18-15-12-9-6-3)60-54(59)47-44-41-38-35-32-29-27-25-23-20-17-14-11-8-5-2/h9,12,15,18,21,30,33,36,50-52,56-57H,4-8,10-11,13-14,16-17,19-20,22-29,31-32,34-35,37-49H2,1-3H3,(H,55,58)/b12-9+,18-15+,30-21-,36-33-. The number of aliphatic hydroxyl groups is 2. The third-order valence-corrected chi connectivity index (χ3v) is 11.8. The predicted molar refractivity (Wildman–Crippen MR) is 259 cm³/mol. The quantitative estimate of drug-likeness (QED) is 0.0322. The molecule has 0 spiro atoms. The van der Waals surface area contributed by atoms with Gasteiger partial charge in [-0.3, -0.25) is 9.59 Å². The summed E-state index contributed by atoms with van der Waals surface area (Å²) in [6.07, 6.45) is 57.5. The number of unbranched alkanes of at least 4 members (excludes halogenated alkanes) is 29. The van der Waals surface area contributed by atoms with Gasteiger partial charge < -0.3 is 20.3 Å². The molecule has 60 heavy (non-hydrogen) atoms. The van der Waals surface area contributed by atoms with E-state index in [2.05, 4.69) is 38.2 Å². The molecular weight excluding hydrogens is 743 g/mol. The highest BCUT2D eigenvalue weighted by Crippen LogP contribution is 2.18. The van der Waals surface area contributed by atoms with E-state index in [0.29, 0.717) is 19.3 Å². The fraction of sp³-hybridized carbons (Fsp3) is 0.815. The van der Waals surface area contributed by atoms with Gasteiger partial charge in [-0.1, -0.05) is 256 Å². The number of carbonyl (C=O) groups excluding carboxylic acids is 2. The molecule has 3 unspecified atom stereocenters. The minimum atomic E-state index is -0.803. The normalized spacial score (nSPS) is 13.6. The molecule has 0 aromatic carbocycles. The Balaban J connectivity index is 4.55. The van der Waals surface area contributed by atoms with E-state index < -0.39 is 18.2 Å². The minimum Gasteiger partial charge on any atom is -0.462 e. The molecular formula is C54H99NO5. The van der Waals surface area contributed by atoms with E-state index >= 15 is 0 Å². The highest BCUT2D eigenvalue weighted by atomic mass is 16.5. The number of allylic oxidation sites excluding steroid dienone is 8. The summed E-state index contributed by atoms with van der Waals surface area (Å²) >= 11 is 0. The van der Waals surface area contributed by atoms with Crippen molar-refractivity contribution in [3.05, 3.63) is 48.6 Å². The first-order valence-corrected chi connectivity index (χ1v) is 25.9. The number of carbonyl (C=O) groups is 2. The lowest BCUT2D eigenvalue weighted by Gasteiger charge is -2.24. The Morgan fingerprint density at radius 1 is 0.500 bits per heavy atom. The van der Waals surface area contributed by atoms with Crippen molar-refractivity contribution in [2.24, 2.45) is 0 Å². The van der Waals surface area contributed by atoms with Crippen LogP contribution in [0.5, 0.6) is 0 Å². The topological polar surface area (TPSA) is 95.9 Å². The lowest BCUT2D eigenvalue weighted by molar-refractivity contribution is -0.151. The summed E-state index contributed by atoms with van der Waals surface area (Å²) in [6.45, 7) is 6.33. The Morgan fingerprint density at radius 2 is 0.900 bits per heavy atom. The van der Waals surface area contributed by atoms with Crippen LogP contribution < -0.4 is 5.32 Å². The van der Waals surface area contributed by atoms with Gasteiger partial charge >= 0.3 is 5.97 Å². The SMILES string of the molecule is CC/C=C/C=C/C=C\C=C/CCCC(CC(=O)NC(CO)C(O)CCCCCCCCCCCCCCCCC)OC(=O)CCCCCCCCCCCCCCCCC. The summed E-state index contributed by atoms with van der Waals surface area (Å²) in [4.78, 5) is 26.1. The average molecular weight is 842 g/mol. The van der Waals surface area contributed by atoms with Crippen LogP contribution in [0.4, 0.5) is 0 Å². The summed E-state index contributed by atoms with van der Waals surface area (Å²) < 4.78 is 5.89. The third-order valence-electron chi connectivity index (χ3n) is 11.8. The van der Waals surface area contributed by atoms with Gasteiger partial charge in [-0.2, -0.15) is 0 Å². The van der Waals surface area contributed by atoms with Gasteiger partial charge in [0.1, 0.15) is 6.10 Å². The molecule has 6 nitrogen and oxygen atoms in total. The maximum Gasteiger partial charge on any atom is 0.306 e. The van der Waals surface area contributed by atoms with Crippen LogP contribution in [0.1, 0.15) is 258 Å². The average Bonchev–Trinajstić information content (AvgIpc) is 3.24. The lowest BCUT2D eigenvalue weighted by Crippen LogP contribution is -2.46. The second kappa shape index (κ2) is 47.9. The van der Waals surface area contributed by atoms with Crippen LogP contribution in [-0.4, -0.2) is 46.9 Å². The molecule has 0 aromatic rings. The molecule has 3 N–H and O–H groups in total. The summed E-state index contributed by atoms with van der Waals surface area (Å²) in [5.41, 5.74) is 0. The molecule has 0 fully saturated rings. The van der Waals surface area contributed by atoms with Crippen LogP contribution in [0.3, 0.4) is 0 Å². The van der Waals surface area contributed by atoms with Crippen LogP contribution in [0.2, 0.25) is 0 Å². The Kier molecular flexibility index (Phi) is 46.1. The van der Waals surface area contributed by atoms with Crippen molar-refractivity contribution in [3.63, 3.8) is 0 Å². The summed E-state index contributed by atoms with van der Waals surface area (Å²) in [5, 5.41) is 23.7. The minimum absolute atomic E-state index is 0.0342. The smallest absolute Gasteiger partial charge is 0.306 e. The number of aliphatic hydroxyl groups excluding tert-OH is 2. The Hall–Kier alpha value is -2.18. The van der Waals surface area contributed by atoms with Gasteiger partial charge in [-0.15, -0.1) is 0 Å². The summed E-state index contributed by atoms with van der Waals surface area (Å²) in [5.74, 6) is -0.534. The van der Waals surface area contributed by atoms with Crippen LogP contribution in [0.25, 0.3) is 0 Å². The van der Waals surface area contributed by atoms with Crippen LogP contribution in [0, 0.1) is 0 Å². The molecule has 0 bridgehead atoms. The summed E-state index contributed by atoms with van der Waals surface area (Å²) in [6, 6.07) is -0.720. The third kappa shape index (κ3) is 42.5. The van der Waals surface area contributed by atoms with E-state index in [9.17, 15) is 19.8 Å². The van der Waals surface area contributed by atoms with Crippen molar-refractivity contribution in [1.29, 1.82) is 0 Å². The first kappa shape index (κ1) is 57.8. The fourth-order valence-electron chi connectivity index (χ4n) is 7.86. The molecule has 3 atom stereocenters. The molecule has 0 radical (unpaired) electrons. The monoisotopic (exact) mass is 842 g/mol. The number of esters is 1. The van der Waals surface area contributed by atoms with Crippen LogP contribution >= 0.6 is 0 Å². The number of hydrogen-bond acceptors (Lipinski definition) is 5. The molecule has 350 valence electrons. The molecule has 0 saturated heterocycles. The van der Waals surface area contributed by atoms with Crippen molar-refractivity contribution >= 4 is 11.9 Å². The predicted octanol–water partition coefficient (Wildman–Crippen LogP) is 15.5. The van der Waals surface area contributed by atoms with E-state index in [1.54, 1.807) is 0 Å². The number of ether oxygens (including phenoxy) is 1. The molecule has 0 aromatic heterocycles. The van der Waals surface area contributed by atoms with Crippen LogP contribution in [0.15, 0.2) is 48.6 Å². The van der Waals surface area contributed by atoms with Gasteiger partial charge in [0, 0.05) is 6.42 Å². The number of amides is 1. The maximum atomic E-state index is 13.2. The number of hydrogen-bond donors (Lipinski definition) is 3. The van der Waals surface area contributed by atoms with E-state index in [4.69, 9.17) is 4.74 Å².